The number of ketones is 1. The summed E-state index contributed by atoms with van der Waals surface area (Å²) in [6.45, 7) is 6.38. The minimum absolute atomic E-state index is 0.208. The summed E-state index contributed by atoms with van der Waals surface area (Å²) in [5, 5.41) is 0. The van der Waals surface area contributed by atoms with Crippen LogP contribution < -0.4 is 4.74 Å². The summed E-state index contributed by atoms with van der Waals surface area (Å²) in [5.74, 6) is 1.47. The lowest BCUT2D eigenvalue weighted by atomic mass is 9.98. The molecule has 0 radical (unpaired) electrons. The van der Waals surface area contributed by atoms with E-state index >= 15 is 0 Å². The number of benzene rings is 1. The maximum Gasteiger partial charge on any atom is 0.166 e. The molecule has 2 atom stereocenters. The standard InChI is InChI=1S/C15H18O2/c1-9-6-11-7-10(4-5-13(11)17-9)14(16)12-8-15(12,2)3/h4-5,7,9,12H,6,8H2,1-3H3. The SMILES string of the molecule is CC1Cc2cc(C(=O)C3CC3(C)C)ccc2O1. The molecule has 2 heteroatoms. The second-order valence-electron chi connectivity index (χ2n) is 6.06. The van der Waals surface area contributed by atoms with Crippen molar-refractivity contribution in [1.82, 2.24) is 0 Å². The molecular formula is C15H18O2. The van der Waals surface area contributed by atoms with Crippen molar-refractivity contribution in [2.24, 2.45) is 11.3 Å². The minimum atomic E-state index is 0.208. The van der Waals surface area contributed by atoms with Gasteiger partial charge in [0.25, 0.3) is 0 Å². The van der Waals surface area contributed by atoms with Gasteiger partial charge in [0.1, 0.15) is 11.9 Å². The Morgan fingerprint density at radius 2 is 2.12 bits per heavy atom. The number of rotatable bonds is 2. The minimum Gasteiger partial charge on any atom is -0.490 e. The highest BCUT2D eigenvalue weighted by molar-refractivity contribution is 6.00. The van der Waals surface area contributed by atoms with Crippen LogP contribution in [0.25, 0.3) is 0 Å². The molecule has 0 N–H and O–H groups in total. The quantitative estimate of drug-likeness (QED) is 0.729. The highest BCUT2D eigenvalue weighted by atomic mass is 16.5. The fourth-order valence-electron chi connectivity index (χ4n) is 2.69. The first-order valence-electron chi connectivity index (χ1n) is 6.31. The fraction of sp³-hybridized carbons (Fsp3) is 0.533. The van der Waals surface area contributed by atoms with Gasteiger partial charge in [0.2, 0.25) is 0 Å². The van der Waals surface area contributed by atoms with Gasteiger partial charge in [-0.1, -0.05) is 13.8 Å². The van der Waals surface area contributed by atoms with Crippen LogP contribution in [0.4, 0.5) is 0 Å². The van der Waals surface area contributed by atoms with Crippen LogP contribution in [0.5, 0.6) is 5.75 Å². The largest absolute Gasteiger partial charge is 0.490 e. The van der Waals surface area contributed by atoms with E-state index in [0.717, 1.165) is 24.2 Å². The molecule has 1 fully saturated rings. The maximum absolute atomic E-state index is 12.3. The van der Waals surface area contributed by atoms with Gasteiger partial charge in [-0.2, -0.15) is 0 Å². The van der Waals surface area contributed by atoms with Crippen LogP contribution in [0.15, 0.2) is 18.2 Å². The summed E-state index contributed by atoms with van der Waals surface area (Å²) in [6, 6.07) is 5.88. The second kappa shape index (κ2) is 3.34. The van der Waals surface area contributed by atoms with E-state index in [1.54, 1.807) is 0 Å². The Hall–Kier alpha value is -1.31. The summed E-state index contributed by atoms with van der Waals surface area (Å²) in [5.41, 5.74) is 2.25. The zero-order valence-corrected chi connectivity index (χ0v) is 10.6. The van der Waals surface area contributed by atoms with Crippen molar-refractivity contribution in [3.63, 3.8) is 0 Å². The lowest BCUT2D eigenvalue weighted by Gasteiger charge is -2.05. The molecule has 90 valence electrons. The molecule has 3 rings (SSSR count). The van der Waals surface area contributed by atoms with Crippen LogP contribution in [-0.4, -0.2) is 11.9 Å². The average Bonchev–Trinajstić information content (AvgIpc) is 2.73. The fourth-order valence-corrected chi connectivity index (χ4v) is 2.69. The van der Waals surface area contributed by atoms with Crippen LogP contribution in [-0.2, 0) is 6.42 Å². The summed E-state index contributed by atoms with van der Waals surface area (Å²) in [4.78, 5) is 12.3. The van der Waals surface area contributed by atoms with Crippen LogP contribution in [0.1, 0.15) is 43.1 Å². The Morgan fingerprint density at radius 1 is 1.41 bits per heavy atom. The predicted molar refractivity (Wildman–Crippen MR) is 66.5 cm³/mol. The van der Waals surface area contributed by atoms with Gasteiger partial charge in [-0.15, -0.1) is 0 Å². The van der Waals surface area contributed by atoms with Gasteiger partial charge in [0, 0.05) is 17.9 Å². The lowest BCUT2D eigenvalue weighted by Crippen LogP contribution is -2.06. The van der Waals surface area contributed by atoms with Crippen molar-refractivity contribution in [1.29, 1.82) is 0 Å². The first kappa shape index (κ1) is 10.8. The Bertz CT molecular complexity index is 488. The molecule has 1 aromatic carbocycles. The molecule has 2 nitrogen and oxygen atoms in total. The molecule has 1 aromatic rings. The number of Topliss-reactive ketones (excluding diaryl/α,β-unsaturated/α-hetero) is 1. The van der Waals surface area contributed by atoms with Gasteiger partial charge in [-0.3, -0.25) is 4.79 Å². The van der Waals surface area contributed by atoms with Crippen LogP contribution in [0, 0.1) is 11.3 Å². The van der Waals surface area contributed by atoms with Crippen LogP contribution in [0.3, 0.4) is 0 Å². The number of hydrogen-bond donors (Lipinski definition) is 0. The third kappa shape index (κ3) is 1.76. The number of fused-ring (bicyclic) bond motifs is 1. The van der Waals surface area contributed by atoms with Gasteiger partial charge in [-0.25, -0.2) is 0 Å². The molecule has 0 spiro atoms. The van der Waals surface area contributed by atoms with Crippen molar-refractivity contribution in [2.75, 3.05) is 0 Å². The topological polar surface area (TPSA) is 26.3 Å². The normalized spacial score (nSPS) is 28.4. The second-order valence-corrected chi connectivity index (χ2v) is 6.06. The highest BCUT2D eigenvalue weighted by Gasteiger charge is 2.50. The molecule has 1 aliphatic heterocycles. The van der Waals surface area contributed by atoms with Gasteiger partial charge < -0.3 is 4.74 Å². The number of ether oxygens (including phenoxy) is 1. The van der Waals surface area contributed by atoms with E-state index in [2.05, 4.69) is 20.8 Å². The molecule has 2 unspecified atom stereocenters. The number of hydrogen-bond acceptors (Lipinski definition) is 2. The van der Waals surface area contributed by atoms with E-state index in [1.807, 2.05) is 18.2 Å². The summed E-state index contributed by atoms with van der Waals surface area (Å²) in [6.07, 6.45) is 2.19. The Morgan fingerprint density at radius 3 is 2.76 bits per heavy atom. The molecule has 0 amide bonds. The zero-order chi connectivity index (χ0) is 12.2. The summed E-state index contributed by atoms with van der Waals surface area (Å²) >= 11 is 0. The molecule has 0 aromatic heterocycles. The van der Waals surface area contributed by atoms with E-state index in [1.165, 1.54) is 5.56 Å². The maximum atomic E-state index is 12.3. The molecule has 2 aliphatic rings. The smallest absolute Gasteiger partial charge is 0.166 e. The highest BCUT2D eigenvalue weighted by Crippen LogP contribution is 2.53. The van der Waals surface area contributed by atoms with E-state index in [4.69, 9.17) is 4.74 Å². The molecule has 17 heavy (non-hydrogen) atoms. The summed E-state index contributed by atoms with van der Waals surface area (Å²) < 4.78 is 5.65. The molecule has 1 aliphatic carbocycles. The first-order chi connectivity index (χ1) is 7.97. The van der Waals surface area contributed by atoms with Gasteiger partial charge in [0.15, 0.2) is 5.78 Å². The van der Waals surface area contributed by atoms with Crippen LogP contribution >= 0.6 is 0 Å². The molecule has 1 saturated carbocycles. The van der Waals surface area contributed by atoms with Gasteiger partial charge in [0.05, 0.1) is 0 Å². The predicted octanol–water partition coefficient (Wildman–Crippen LogP) is 3.24. The Kier molecular flexibility index (Phi) is 2.13. The molecule has 1 heterocycles. The molecular weight excluding hydrogens is 212 g/mol. The Labute approximate surface area is 102 Å². The third-order valence-corrected chi connectivity index (χ3v) is 4.01. The Balaban J connectivity index is 1.86. The average molecular weight is 230 g/mol. The third-order valence-electron chi connectivity index (χ3n) is 4.01. The van der Waals surface area contributed by atoms with E-state index in [-0.39, 0.29) is 17.4 Å². The van der Waals surface area contributed by atoms with Crippen molar-refractivity contribution in [2.45, 2.75) is 39.7 Å². The molecule has 0 saturated heterocycles. The first-order valence-corrected chi connectivity index (χ1v) is 6.31. The van der Waals surface area contributed by atoms with Gasteiger partial charge >= 0.3 is 0 Å². The number of carbonyl (C=O) groups is 1. The van der Waals surface area contributed by atoms with Crippen molar-refractivity contribution >= 4 is 5.78 Å². The monoisotopic (exact) mass is 230 g/mol. The lowest BCUT2D eigenvalue weighted by molar-refractivity contribution is 0.0953. The van der Waals surface area contributed by atoms with Crippen molar-refractivity contribution in [3.8, 4) is 5.75 Å². The van der Waals surface area contributed by atoms with Crippen LogP contribution in [0.2, 0.25) is 0 Å². The summed E-state index contributed by atoms with van der Waals surface area (Å²) in [7, 11) is 0. The molecule has 0 bridgehead atoms. The number of carbonyl (C=O) groups excluding carboxylic acids is 1. The van der Waals surface area contributed by atoms with Crippen molar-refractivity contribution < 1.29 is 9.53 Å². The van der Waals surface area contributed by atoms with E-state index < -0.39 is 0 Å². The zero-order valence-electron chi connectivity index (χ0n) is 10.6. The van der Waals surface area contributed by atoms with Crippen molar-refractivity contribution in [3.05, 3.63) is 29.3 Å². The van der Waals surface area contributed by atoms with Gasteiger partial charge in [-0.05, 0) is 42.5 Å². The van der Waals surface area contributed by atoms with E-state index in [0.29, 0.717) is 5.78 Å². The van der Waals surface area contributed by atoms with E-state index in [9.17, 15) is 4.79 Å².